The highest BCUT2D eigenvalue weighted by molar-refractivity contribution is 5.97. The molecule has 1 aliphatic heterocycles. The lowest BCUT2D eigenvalue weighted by Gasteiger charge is -2.34. The number of hydrogen-bond donors (Lipinski definition) is 1. The minimum Gasteiger partial charge on any atom is -0.439 e. The smallest absolute Gasteiger partial charge is 0.317 e. The number of oxazole rings is 1. The zero-order valence-electron chi connectivity index (χ0n) is 18.5. The van der Waals surface area contributed by atoms with Crippen LogP contribution in [0.15, 0.2) is 22.6 Å². The number of carbonyl (C=O) groups excluding carboxylic acids is 2. The fraction of sp³-hybridized carbons (Fsp3) is 0.591. The number of nitrogens with one attached hydrogen (secondary N) is 1. The maximum Gasteiger partial charge on any atom is 0.317 e. The minimum absolute atomic E-state index is 0.0104. The Balaban J connectivity index is 1.59. The number of aromatic nitrogens is 1. The molecule has 0 spiro atoms. The number of fused-ring (bicyclic) bond motifs is 1. The van der Waals surface area contributed by atoms with Gasteiger partial charge in [-0.25, -0.2) is 9.78 Å². The van der Waals surface area contributed by atoms with E-state index in [1.807, 2.05) is 31.7 Å². The van der Waals surface area contributed by atoms with Crippen LogP contribution in [0.5, 0.6) is 0 Å². The van der Waals surface area contributed by atoms with Crippen LogP contribution in [0.4, 0.5) is 4.79 Å². The van der Waals surface area contributed by atoms with E-state index in [2.05, 4.69) is 22.1 Å². The summed E-state index contributed by atoms with van der Waals surface area (Å²) in [5, 5.41) is 3.02. The number of amides is 3. The van der Waals surface area contributed by atoms with Crippen molar-refractivity contribution in [1.29, 1.82) is 0 Å². The fourth-order valence-corrected chi connectivity index (χ4v) is 3.57. The van der Waals surface area contributed by atoms with Gasteiger partial charge in [0.15, 0.2) is 5.58 Å². The summed E-state index contributed by atoms with van der Waals surface area (Å²) >= 11 is 0. The molecule has 8 nitrogen and oxygen atoms in total. The van der Waals surface area contributed by atoms with Gasteiger partial charge in [-0.15, -0.1) is 0 Å². The van der Waals surface area contributed by atoms with Gasteiger partial charge in [0.05, 0.1) is 6.54 Å². The van der Waals surface area contributed by atoms with Crippen LogP contribution < -0.4 is 5.32 Å². The lowest BCUT2D eigenvalue weighted by atomic mass is 10.2. The Kier molecular flexibility index (Phi) is 7.31. The number of nitrogens with zero attached hydrogens (tertiary/aromatic N) is 4. The SMILES string of the molecule is CC[C@@H](C)NC(=O)N1CCN(Cc2nc3cc(C(=O)N(CC)CC)ccc3o2)CC1. The van der Waals surface area contributed by atoms with E-state index in [1.54, 1.807) is 17.0 Å². The van der Waals surface area contributed by atoms with Gasteiger partial charge in [0.1, 0.15) is 5.52 Å². The molecule has 0 bridgehead atoms. The summed E-state index contributed by atoms with van der Waals surface area (Å²) < 4.78 is 5.89. The molecule has 0 unspecified atom stereocenters. The van der Waals surface area contributed by atoms with Gasteiger partial charge in [-0.2, -0.15) is 0 Å². The molecule has 1 aliphatic rings. The van der Waals surface area contributed by atoms with Gasteiger partial charge in [0.25, 0.3) is 5.91 Å². The van der Waals surface area contributed by atoms with Crippen molar-refractivity contribution in [3.63, 3.8) is 0 Å². The first-order chi connectivity index (χ1) is 14.4. The number of hydrogen-bond acceptors (Lipinski definition) is 5. The summed E-state index contributed by atoms with van der Waals surface area (Å²) in [4.78, 5) is 35.3. The summed E-state index contributed by atoms with van der Waals surface area (Å²) in [6, 6.07) is 5.62. The van der Waals surface area contributed by atoms with Crippen molar-refractivity contribution in [3.05, 3.63) is 29.7 Å². The third-order valence-corrected chi connectivity index (χ3v) is 5.73. The molecule has 164 valence electrons. The molecule has 1 aromatic heterocycles. The maximum atomic E-state index is 12.6. The second-order valence-electron chi connectivity index (χ2n) is 7.79. The largest absolute Gasteiger partial charge is 0.439 e. The average Bonchev–Trinajstić information content (AvgIpc) is 3.16. The number of piperazine rings is 1. The molecule has 2 heterocycles. The van der Waals surface area contributed by atoms with Crippen molar-refractivity contribution in [2.45, 2.75) is 46.7 Å². The summed E-state index contributed by atoms with van der Waals surface area (Å²) in [7, 11) is 0. The van der Waals surface area contributed by atoms with Gasteiger partial charge in [-0.1, -0.05) is 6.92 Å². The van der Waals surface area contributed by atoms with E-state index in [4.69, 9.17) is 4.42 Å². The summed E-state index contributed by atoms with van der Waals surface area (Å²) in [5.41, 5.74) is 2.02. The predicted octanol–water partition coefficient (Wildman–Crippen LogP) is 2.94. The molecule has 3 amide bonds. The number of carbonyl (C=O) groups is 2. The Bertz CT molecular complexity index is 869. The quantitative estimate of drug-likeness (QED) is 0.752. The van der Waals surface area contributed by atoms with Gasteiger partial charge in [-0.05, 0) is 45.4 Å². The fourth-order valence-electron chi connectivity index (χ4n) is 3.57. The first-order valence-electron chi connectivity index (χ1n) is 10.9. The lowest BCUT2D eigenvalue weighted by molar-refractivity contribution is 0.0773. The lowest BCUT2D eigenvalue weighted by Crippen LogP contribution is -2.52. The third-order valence-electron chi connectivity index (χ3n) is 5.73. The van der Waals surface area contributed by atoms with E-state index in [1.165, 1.54) is 0 Å². The molecule has 0 saturated carbocycles. The molecule has 0 radical (unpaired) electrons. The zero-order valence-corrected chi connectivity index (χ0v) is 18.5. The monoisotopic (exact) mass is 415 g/mol. The zero-order chi connectivity index (χ0) is 21.7. The Morgan fingerprint density at radius 3 is 2.50 bits per heavy atom. The van der Waals surface area contributed by atoms with Crippen molar-refractivity contribution in [2.24, 2.45) is 0 Å². The predicted molar refractivity (Wildman–Crippen MR) is 116 cm³/mol. The molecule has 8 heteroatoms. The molecule has 1 saturated heterocycles. The highest BCUT2D eigenvalue weighted by atomic mass is 16.3. The van der Waals surface area contributed by atoms with Gasteiger partial charge in [-0.3, -0.25) is 9.69 Å². The normalized spacial score (nSPS) is 15.9. The summed E-state index contributed by atoms with van der Waals surface area (Å²) in [6.07, 6.45) is 0.922. The molecule has 1 fully saturated rings. The van der Waals surface area contributed by atoms with Crippen LogP contribution in [0.25, 0.3) is 11.1 Å². The summed E-state index contributed by atoms with van der Waals surface area (Å²) in [6.45, 7) is 12.9. The molecule has 1 N–H and O–H groups in total. The second kappa shape index (κ2) is 9.93. The van der Waals surface area contributed by atoms with Crippen LogP contribution in [-0.2, 0) is 6.54 Å². The van der Waals surface area contributed by atoms with Crippen LogP contribution in [0.2, 0.25) is 0 Å². The standard InChI is InChI=1S/C22H33N5O3/c1-5-16(4)23-22(29)27-12-10-25(11-13-27)15-20-24-18-14-17(8-9-19(18)30-20)21(28)26(6-2)7-3/h8-9,14,16H,5-7,10-13,15H2,1-4H3,(H,23,29)/t16-/m1/s1. The van der Waals surface area contributed by atoms with E-state index in [-0.39, 0.29) is 18.0 Å². The van der Waals surface area contributed by atoms with Crippen molar-refractivity contribution >= 4 is 23.0 Å². The first-order valence-corrected chi connectivity index (χ1v) is 10.9. The number of urea groups is 1. The van der Waals surface area contributed by atoms with Crippen LogP contribution in [0.1, 0.15) is 50.4 Å². The van der Waals surface area contributed by atoms with Gasteiger partial charge in [0.2, 0.25) is 5.89 Å². The molecule has 1 atom stereocenters. The number of rotatable bonds is 7. The second-order valence-corrected chi connectivity index (χ2v) is 7.79. The summed E-state index contributed by atoms with van der Waals surface area (Å²) in [5.74, 6) is 0.646. The Morgan fingerprint density at radius 1 is 1.17 bits per heavy atom. The molecular weight excluding hydrogens is 382 g/mol. The van der Waals surface area contributed by atoms with Crippen LogP contribution in [0.3, 0.4) is 0 Å². The Labute approximate surface area is 178 Å². The molecule has 2 aromatic rings. The molecule has 1 aromatic carbocycles. The molecule has 3 rings (SSSR count). The topological polar surface area (TPSA) is 81.9 Å². The van der Waals surface area contributed by atoms with Gasteiger partial charge < -0.3 is 19.5 Å². The van der Waals surface area contributed by atoms with E-state index < -0.39 is 0 Å². The first kappa shape index (κ1) is 22.1. The highest BCUT2D eigenvalue weighted by Gasteiger charge is 2.23. The van der Waals surface area contributed by atoms with Gasteiger partial charge >= 0.3 is 6.03 Å². The third kappa shape index (κ3) is 5.11. The van der Waals surface area contributed by atoms with E-state index in [9.17, 15) is 9.59 Å². The van der Waals surface area contributed by atoms with E-state index in [0.717, 1.165) is 19.5 Å². The Hall–Kier alpha value is -2.61. The molecule has 30 heavy (non-hydrogen) atoms. The van der Waals surface area contributed by atoms with Gasteiger partial charge in [0, 0.05) is 50.9 Å². The Morgan fingerprint density at radius 2 is 1.87 bits per heavy atom. The van der Waals surface area contributed by atoms with Crippen molar-refractivity contribution in [2.75, 3.05) is 39.3 Å². The van der Waals surface area contributed by atoms with Crippen molar-refractivity contribution in [1.82, 2.24) is 25.0 Å². The van der Waals surface area contributed by atoms with Crippen molar-refractivity contribution in [3.8, 4) is 0 Å². The number of benzene rings is 1. The van der Waals surface area contributed by atoms with E-state index >= 15 is 0 Å². The molecular formula is C22H33N5O3. The maximum absolute atomic E-state index is 12.6. The van der Waals surface area contributed by atoms with Crippen LogP contribution in [-0.4, -0.2) is 76.9 Å². The van der Waals surface area contributed by atoms with E-state index in [0.29, 0.717) is 55.3 Å². The highest BCUT2D eigenvalue weighted by Crippen LogP contribution is 2.20. The molecule has 0 aliphatic carbocycles. The van der Waals surface area contributed by atoms with Crippen molar-refractivity contribution < 1.29 is 14.0 Å². The average molecular weight is 416 g/mol. The minimum atomic E-state index is 0.0104. The van der Waals surface area contributed by atoms with Crippen LogP contribution in [0, 0.1) is 0 Å². The van der Waals surface area contributed by atoms with Crippen LogP contribution >= 0.6 is 0 Å².